The molecule has 0 amide bonds. The van der Waals surface area contributed by atoms with Gasteiger partial charge in [-0.15, -0.1) is 0 Å². The fourth-order valence-corrected chi connectivity index (χ4v) is 5.40. The first kappa shape index (κ1) is 14.8. The second kappa shape index (κ2) is 7.23. The molecule has 0 heterocycles. The summed E-state index contributed by atoms with van der Waals surface area (Å²) in [6.07, 6.45) is 1.15. The Morgan fingerprint density at radius 2 is 1.14 bits per heavy atom. The Kier molecular flexibility index (Phi) is 4.87. The first-order valence-electron chi connectivity index (χ1n) is 7.85. The molecule has 0 saturated carbocycles. The van der Waals surface area contributed by atoms with Crippen LogP contribution in [0.5, 0.6) is 0 Å². The summed E-state index contributed by atoms with van der Waals surface area (Å²) in [5.41, 5.74) is 2.78. The maximum absolute atomic E-state index is 2.29. The molecule has 22 heavy (non-hydrogen) atoms. The molecule has 0 N–H and O–H groups in total. The monoisotopic (exact) mass is 301 g/mol. The van der Waals surface area contributed by atoms with Crippen molar-refractivity contribution in [2.75, 3.05) is 0 Å². The molecule has 109 valence electrons. The molecule has 3 rings (SSSR count). The van der Waals surface area contributed by atoms with Crippen LogP contribution in [0, 0.1) is 6.92 Å². The van der Waals surface area contributed by atoms with Crippen LogP contribution in [0.3, 0.4) is 0 Å². The van der Waals surface area contributed by atoms with E-state index in [1.54, 1.807) is 0 Å². The molecule has 0 bridgehead atoms. The highest BCUT2D eigenvalue weighted by atomic mass is 28.3. The highest BCUT2D eigenvalue weighted by Crippen LogP contribution is 2.08. The van der Waals surface area contributed by atoms with E-state index >= 15 is 0 Å². The fraction of sp³-hybridized carbons (Fsp3) is 0.143. The maximum atomic E-state index is 2.29. The average molecular weight is 301 g/mol. The van der Waals surface area contributed by atoms with Gasteiger partial charge in [0.1, 0.15) is 8.80 Å². The van der Waals surface area contributed by atoms with E-state index in [9.17, 15) is 0 Å². The van der Waals surface area contributed by atoms with E-state index in [2.05, 4.69) is 91.9 Å². The lowest BCUT2D eigenvalue weighted by Gasteiger charge is -2.16. The molecule has 0 spiro atoms. The van der Waals surface area contributed by atoms with E-state index in [4.69, 9.17) is 0 Å². The zero-order valence-corrected chi connectivity index (χ0v) is 14.0. The van der Waals surface area contributed by atoms with Gasteiger partial charge in [-0.2, -0.15) is 0 Å². The normalized spacial score (nSPS) is 10.8. The molecular formula is C21H21Si. The molecule has 0 fully saturated rings. The maximum Gasteiger partial charge on any atom is 0.121 e. The molecular weight excluding hydrogens is 280 g/mol. The lowest BCUT2D eigenvalue weighted by atomic mass is 10.1. The van der Waals surface area contributed by atoms with Crippen molar-refractivity contribution < 1.29 is 0 Å². The molecule has 3 aromatic carbocycles. The first-order chi connectivity index (χ1) is 10.8. The third-order valence-corrected chi connectivity index (χ3v) is 6.84. The molecule has 0 atom stereocenters. The van der Waals surface area contributed by atoms with Gasteiger partial charge in [-0.05, 0) is 25.0 Å². The smallest absolute Gasteiger partial charge is 0.0628 e. The van der Waals surface area contributed by atoms with Crippen molar-refractivity contribution in [3.05, 3.63) is 96.1 Å². The highest BCUT2D eigenvalue weighted by Gasteiger charge is 2.16. The minimum absolute atomic E-state index is 0.707. The van der Waals surface area contributed by atoms with Crippen LogP contribution >= 0.6 is 0 Å². The lowest BCUT2D eigenvalue weighted by molar-refractivity contribution is 1.12. The number of aryl methyl sites for hydroxylation is 2. The molecule has 0 nitrogen and oxygen atoms in total. The van der Waals surface area contributed by atoms with Crippen molar-refractivity contribution in [3.8, 4) is 0 Å². The molecule has 0 aliphatic carbocycles. The van der Waals surface area contributed by atoms with Gasteiger partial charge >= 0.3 is 0 Å². The van der Waals surface area contributed by atoms with E-state index in [1.165, 1.54) is 27.5 Å². The number of benzene rings is 3. The average Bonchev–Trinajstić information content (AvgIpc) is 2.59. The van der Waals surface area contributed by atoms with E-state index in [0.29, 0.717) is 0 Å². The van der Waals surface area contributed by atoms with Gasteiger partial charge < -0.3 is 0 Å². The van der Waals surface area contributed by atoms with Crippen LogP contribution < -0.4 is 10.4 Å². The largest absolute Gasteiger partial charge is 0.121 e. The van der Waals surface area contributed by atoms with Crippen LogP contribution in [0.1, 0.15) is 11.1 Å². The molecule has 0 unspecified atom stereocenters. The Bertz CT molecular complexity index is 647. The molecule has 1 radical (unpaired) electrons. The summed E-state index contributed by atoms with van der Waals surface area (Å²) < 4.78 is 0. The van der Waals surface area contributed by atoms with Crippen LogP contribution in [0.4, 0.5) is 0 Å². The number of rotatable bonds is 5. The zero-order valence-electron chi connectivity index (χ0n) is 13.0. The number of hydrogen-bond donors (Lipinski definition) is 0. The van der Waals surface area contributed by atoms with Gasteiger partial charge in [0.15, 0.2) is 0 Å². The minimum Gasteiger partial charge on any atom is -0.0628 e. The van der Waals surface area contributed by atoms with Crippen LogP contribution in [-0.4, -0.2) is 8.80 Å². The van der Waals surface area contributed by atoms with Gasteiger partial charge in [0.05, 0.1) is 0 Å². The molecule has 1 heteroatoms. The molecule has 0 aliphatic rings. The van der Waals surface area contributed by atoms with Crippen molar-refractivity contribution in [2.45, 2.75) is 19.4 Å². The summed E-state index contributed by atoms with van der Waals surface area (Å²) in [5.74, 6) is 0. The van der Waals surface area contributed by atoms with Crippen molar-refractivity contribution in [2.24, 2.45) is 0 Å². The van der Waals surface area contributed by atoms with Crippen LogP contribution in [0.15, 0.2) is 84.9 Å². The summed E-state index contributed by atoms with van der Waals surface area (Å²) in [6, 6.07) is 32.2. The van der Waals surface area contributed by atoms with E-state index in [0.717, 1.165) is 6.42 Å². The quantitative estimate of drug-likeness (QED) is 0.628. The summed E-state index contributed by atoms with van der Waals surface area (Å²) in [4.78, 5) is 0. The van der Waals surface area contributed by atoms with Gasteiger partial charge in [-0.1, -0.05) is 101 Å². The Labute approximate surface area is 135 Å². The van der Waals surface area contributed by atoms with Gasteiger partial charge in [-0.25, -0.2) is 0 Å². The van der Waals surface area contributed by atoms with Crippen LogP contribution in [0.25, 0.3) is 0 Å². The van der Waals surface area contributed by atoms with Crippen molar-refractivity contribution >= 4 is 19.2 Å². The van der Waals surface area contributed by atoms with E-state index in [1.807, 2.05) is 0 Å². The molecule has 0 aromatic heterocycles. The van der Waals surface area contributed by atoms with E-state index in [-0.39, 0.29) is 0 Å². The second-order valence-electron chi connectivity index (χ2n) is 5.70. The summed E-state index contributed by atoms with van der Waals surface area (Å²) in [5, 5.41) is 3.01. The zero-order chi connectivity index (χ0) is 15.2. The van der Waals surface area contributed by atoms with Crippen LogP contribution in [0.2, 0.25) is 6.04 Å². The third kappa shape index (κ3) is 3.74. The SMILES string of the molecule is Cc1ccc(CC[Si](c2ccccc2)c2ccccc2)cc1. The Balaban J connectivity index is 1.81. The Morgan fingerprint density at radius 3 is 1.64 bits per heavy atom. The van der Waals surface area contributed by atoms with Gasteiger partial charge in [0.25, 0.3) is 0 Å². The standard InChI is InChI=1S/C21H21Si/c1-18-12-14-19(15-13-18)16-17-22(20-8-4-2-5-9-20)21-10-6-3-7-11-21/h2-15H,16-17H2,1H3. The number of hydrogen-bond acceptors (Lipinski definition) is 0. The summed E-state index contributed by atoms with van der Waals surface area (Å²) in [7, 11) is -0.707. The van der Waals surface area contributed by atoms with Crippen molar-refractivity contribution in [3.63, 3.8) is 0 Å². The van der Waals surface area contributed by atoms with Crippen LogP contribution in [-0.2, 0) is 6.42 Å². The topological polar surface area (TPSA) is 0 Å². The molecule has 3 aromatic rings. The van der Waals surface area contributed by atoms with Crippen molar-refractivity contribution in [1.29, 1.82) is 0 Å². The van der Waals surface area contributed by atoms with Gasteiger partial charge in [-0.3, -0.25) is 0 Å². The predicted octanol–water partition coefficient (Wildman–Crippen LogP) is 3.85. The molecule has 0 aliphatic heterocycles. The first-order valence-corrected chi connectivity index (χ1v) is 9.56. The molecule has 0 saturated heterocycles. The Hall–Kier alpha value is -2.12. The fourth-order valence-electron chi connectivity index (χ4n) is 2.76. The van der Waals surface area contributed by atoms with Crippen molar-refractivity contribution in [1.82, 2.24) is 0 Å². The van der Waals surface area contributed by atoms with Gasteiger partial charge in [0, 0.05) is 0 Å². The summed E-state index contributed by atoms with van der Waals surface area (Å²) >= 11 is 0. The summed E-state index contributed by atoms with van der Waals surface area (Å²) in [6.45, 7) is 2.15. The second-order valence-corrected chi connectivity index (χ2v) is 8.31. The van der Waals surface area contributed by atoms with E-state index < -0.39 is 8.80 Å². The highest BCUT2D eigenvalue weighted by molar-refractivity contribution is 6.85. The van der Waals surface area contributed by atoms with Gasteiger partial charge in [0.2, 0.25) is 0 Å². The Morgan fingerprint density at radius 1 is 0.636 bits per heavy atom. The third-order valence-electron chi connectivity index (χ3n) is 4.03. The lowest BCUT2D eigenvalue weighted by Crippen LogP contribution is -2.42. The minimum atomic E-state index is -0.707. The predicted molar refractivity (Wildman–Crippen MR) is 97.6 cm³/mol.